The summed E-state index contributed by atoms with van der Waals surface area (Å²) in [6.45, 7) is 0.613. The number of amides is 2. The largest absolute Gasteiger partial charge is 0.416 e. The maximum Gasteiger partial charge on any atom is 0.416 e. The van der Waals surface area contributed by atoms with Gasteiger partial charge in [-0.25, -0.2) is 5.43 Å². The molecule has 0 radical (unpaired) electrons. The van der Waals surface area contributed by atoms with Gasteiger partial charge in [0.05, 0.1) is 11.3 Å². The molecule has 2 aromatic rings. The number of hydrogen-bond donors (Lipinski definition) is 1. The molecule has 28 heavy (non-hydrogen) atoms. The number of hydrogen-bond acceptors (Lipinski definition) is 3. The van der Waals surface area contributed by atoms with Crippen LogP contribution >= 0.6 is 0 Å². The van der Waals surface area contributed by atoms with Crippen LogP contribution in [0.15, 0.2) is 53.6 Å². The van der Waals surface area contributed by atoms with Gasteiger partial charge in [0.1, 0.15) is 0 Å². The average molecular weight is 387 g/mol. The van der Waals surface area contributed by atoms with Gasteiger partial charge in [0.25, 0.3) is 11.8 Å². The molecule has 8 heteroatoms. The highest BCUT2D eigenvalue weighted by atomic mass is 19.4. The summed E-state index contributed by atoms with van der Waals surface area (Å²) in [4.78, 5) is 26.6. The molecule has 1 N–H and O–H groups in total. The Morgan fingerprint density at radius 3 is 2.43 bits per heavy atom. The van der Waals surface area contributed by atoms with Gasteiger partial charge in [-0.2, -0.15) is 18.3 Å². The third-order valence-electron chi connectivity index (χ3n) is 4.78. The molecular weight excluding hydrogens is 371 g/mol. The quantitative estimate of drug-likeness (QED) is 0.815. The maximum absolute atomic E-state index is 12.7. The van der Waals surface area contributed by atoms with Crippen molar-refractivity contribution in [3.63, 3.8) is 0 Å². The van der Waals surface area contributed by atoms with E-state index in [4.69, 9.17) is 0 Å². The van der Waals surface area contributed by atoms with Crippen LogP contribution in [0.1, 0.15) is 34.3 Å². The topological polar surface area (TPSA) is 61.8 Å². The number of alkyl halides is 3. The molecule has 1 aliphatic carbocycles. The standard InChI is InChI=1S/C20H16F3N3O2/c21-20(22,23)14-9-7-13(8-10-14)18(27)25-24-17-15-3-1-2-4-16(15)26(19(17)28)11-12-5-6-12/h1-4,7-10,12H,5-6,11H2,(H,25,27)/b24-17+. The van der Waals surface area contributed by atoms with Gasteiger partial charge in [0.2, 0.25) is 0 Å². The van der Waals surface area contributed by atoms with Crippen molar-refractivity contribution in [2.24, 2.45) is 11.0 Å². The Kier molecular flexibility index (Phi) is 4.41. The van der Waals surface area contributed by atoms with E-state index in [-0.39, 0.29) is 17.2 Å². The summed E-state index contributed by atoms with van der Waals surface area (Å²) in [6, 6.07) is 11.0. The summed E-state index contributed by atoms with van der Waals surface area (Å²) in [5.74, 6) is -0.494. The van der Waals surface area contributed by atoms with E-state index in [1.165, 1.54) is 0 Å². The van der Waals surface area contributed by atoms with Crippen LogP contribution in [0.4, 0.5) is 18.9 Å². The zero-order chi connectivity index (χ0) is 19.9. The number of fused-ring (bicyclic) bond motifs is 1. The fraction of sp³-hybridized carbons (Fsp3) is 0.250. The van der Waals surface area contributed by atoms with Gasteiger partial charge in [-0.3, -0.25) is 9.59 Å². The molecule has 4 rings (SSSR count). The van der Waals surface area contributed by atoms with Crippen molar-refractivity contribution in [1.29, 1.82) is 0 Å². The van der Waals surface area contributed by atoms with Gasteiger partial charge in [0, 0.05) is 17.7 Å². The van der Waals surface area contributed by atoms with Gasteiger partial charge >= 0.3 is 6.18 Å². The Bertz CT molecular complexity index is 963. The number of halogens is 3. The molecular formula is C20H16F3N3O2. The predicted octanol–water partition coefficient (Wildman–Crippen LogP) is 3.60. The summed E-state index contributed by atoms with van der Waals surface area (Å²) in [5.41, 5.74) is 2.96. The minimum absolute atomic E-state index is 0.0194. The van der Waals surface area contributed by atoms with E-state index in [1.807, 2.05) is 12.1 Å². The number of anilines is 1. The van der Waals surface area contributed by atoms with Crippen LogP contribution in [-0.4, -0.2) is 24.1 Å². The van der Waals surface area contributed by atoms with Crippen molar-refractivity contribution >= 4 is 23.2 Å². The summed E-state index contributed by atoms with van der Waals surface area (Å²) < 4.78 is 37.9. The van der Waals surface area contributed by atoms with Gasteiger partial charge in [-0.15, -0.1) is 0 Å². The molecule has 1 saturated carbocycles. The van der Waals surface area contributed by atoms with Crippen LogP contribution in [0.2, 0.25) is 0 Å². The van der Waals surface area contributed by atoms with Crippen molar-refractivity contribution in [2.75, 3.05) is 11.4 Å². The molecule has 2 aliphatic rings. The molecule has 1 aliphatic heterocycles. The molecule has 5 nitrogen and oxygen atoms in total. The smallest absolute Gasteiger partial charge is 0.306 e. The monoisotopic (exact) mass is 387 g/mol. The summed E-state index contributed by atoms with van der Waals surface area (Å²) >= 11 is 0. The summed E-state index contributed by atoms with van der Waals surface area (Å²) in [5, 5.41) is 3.97. The number of nitrogens with zero attached hydrogens (tertiary/aromatic N) is 2. The second-order valence-corrected chi connectivity index (χ2v) is 6.85. The van der Waals surface area contributed by atoms with E-state index >= 15 is 0 Å². The minimum atomic E-state index is -4.47. The van der Waals surface area contributed by atoms with E-state index in [1.54, 1.807) is 17.0 Å². The number of hydrazone groups is 1. The molecule has 0 aromatic heterocycles. The molecule has 0 bridgehead atoms. The number of rotatable bonds is 4. The zero-order valence-corrected chi connectivity index (χ0v) is 14.7. The fourth-order valence-electron chi connectivity index (χ4n) is 3.09. The SMILES string of the molecule is O=C(N/N=C1/C(=O)N(CC2CC2)c2ccccc21)c1ccc(C(F)(F)F)cc1. The summed E-state index contributed by atoms with van der Waals surface area (Å²) in [6.07, 6.45) is -2.30. The first-order chi connectivity index (χ1) is 13.3. The van der Waals surface area contributed by atoms with Crippen LogP contribution < -0.4 is 10.3 Å². The van der Waals surface area contributed by atoms with Crippen LogP contribution in [0.3, 0.4) is 0 Å². The van der Waals surface area contributed by atoms with E-state index in [2.05, 4.69) is 10.5 Å². The van der Waals surface area contributed by atoms with Crippen molar-refractivity contribution in [3.8, 4) is 0 Å². The van der Waals surface area contributed by atoms with Gasteiger partial charge in [-0.05, 0) is 49.1 Å². The first kappa shape index (κ1) is 18.2. The molecule has 0 atom stereocenters. The molecule has 0 spiro atoms. The zero-order valence-electron chi connectivity index (χ0n) is 14.7. The molecule has 2 amide bonds. The number of nitrogens with one attached hydrogen (secondary N) is 1. The lowest BCUT2D eigenvalue weighted by Crippen LogP contribution is -2.33. The third-order valence-corrected chi connectivity index (χ3v) is 4.78. The van der Waals surface area contributed by atoms with E-state index in [0.717, 1.165) is 42.8 Å². The van der Waals surface area contributed by atoms with Crippen LogP contribution in [0, 0.1) is 5.92 Å². The highest BCUT2D eigenvalue weighted by molar-refractivity contribution is 6.54. The molecule has 1 heterocycles. The second kappa shape index (κ2) is 6.78. The van der Waals surface area contributed by atoms with Crippen LogP contribution in [0.5, 0.6) is 0 Å². The Morgan fingerprint density at radius 1 is 1.11 bits per heavy atom. The normalized spacial score (nSPS) is 17.8. The lowest BCUT2D eigenvalue weighted by molar-refractivity contribution is -0.137. The Balaban J connectivity index is 1.54. The minimum Gasteiger partial charge on any atom is -0.306 e. The van der Waals surface area contributed by atoms with Crippen LogP contribution in [0.25, 0.3) is 0 Å². The van der Waals surface area contributed by atoms with Crippen molar-refractivity contribution in [2.45, 2.75) is 19.0 Å². The fourth-order valence-corrected chi connectivity index (χ4v) is 3.09. The highest BCUT2D eigenvalue weighted by Gasteiger charge is 2.37. The number of benzene rings is 2. The Morgan fingerprint density at radius 2 is 1.79 bits per heavy atom. The third kappa shape index (κ3) is 3.49. The van der Waals surface area contributed by atoms with E-state index in [9.17, 15) is 22.8 Å². The van der Waals surface area contributed by atoms with Gasteiger partial charge in [-0.1, -0.05) is 18.2 Å². The Labute approximate surface area is 158 Å². The molecule has 2 aromatic carbocycles. The first-order valence-electron chi connectivity index (χ1n) is 8.81. The van der Waals surface area contributed by atoms with Gasteiger partial charge in [0.15, 0.2) is 5.71 Å². The second-order valence-electron chi connectivity index (χ2n) is 6.85. The average Bonchev–Trinajstić information content (AvgIpc) is 3.45. The lowest BCUT2D eigenvalue weighted by atomic mass is 10.1. The summed E-state index contributed by atoms with van der Waals surface area (Å²) in [7, 11) is 0. The van der Waals surface area contributed by atoms with Crippen LogP contribution in [-0.2, 0) is 11.0 Å². The highest BCUT2D eigenvalue weighted by Crippen LogP contribution is 2.36. The van der Waals surface area contributed by atoms with Gasteiger partial charge < -0.3 is 4.90 Å². The van der Waals surface area contributed by atoms with Crippen molar-refractivity contribution < 1.29 is 22.8 Å². The van der Waals surface area contributed by atoms with E-state index < -0.39 is 17.6 Å². The number of para-hydroxylation sites is 1. The van der Waals surface area contributed by atoms with E-state index in [0.29, 0.717) is 18.0 Å². The molecule has 0 unspecified atom stereocenters. The molecule has 1 fully saturated rings. The molecule has 144 valence electrons. The Hall–Kier alpha value is -3.16. The van der Waals surface area contributed by atoms with Crippen molar-refractivity contribution in [3.05, 3.63) is 65.2 Å². The first-order valence-corrected chi connectivity index (χ1v) is 8.81. The predicted molar refractivity (Wildman–Crippen MR) is 97.0 cm³/mol. The lowest BCUT2D eigenvalue weighted by Gasteiger charge is -2.15. The number of carbonyl (C=O) groups excluding carboxylic acids is 2. The molecule has 0 saturated heterocycles. The maximum atomic E-state index is 12.7. The van der Waals surface area contributed by atoms with Crippen molar-refractivity contribution in [1.82, 2.24) is 5.43 Å². The number of carbonyl (C=O) groups is 2.